The quantitative estimate of drug-likeness (QED) is 0.212. The maximum absolute atomic E-state index is 5.23. The number of pyridine rings is 2. The summed E-state index contributed by atoms with van der Waals surface area (Å²) in [6, 6.07) is 31.9. The zero-order valence-corrected chi connectivity index (χ0v) is 22.3. The van der Waals surface area contributed by atoms with Gasteiger partial charge in [-0.3, -0.25) is 9.55 Å². The number of nitrogens with zero attached hydrogens (tertiary/aromatic N) is 3. The predicted molar refractivity (Wildman–Crippen MR) is 168 cm³/mol. The Labute approximate surface area is 230 Å². The van der Waals surface area contributed by atoms with Crippen molar-refractivity contribution in [2.75, 3.05) is 0 Å². The van der Waals surface area contributed by atoms with Crippen LogP contribution in [0.4, 0.5) is 0 Å². The van der Waals surface area contributed by atoms with E-state index in [1.54, 1.807) is 0 Å². The van der Waals surface area contributed by atoms with Crippen LogP contribution in [0.2, 0.25) is 0 Å². The molecule has 0 saturated heterocycles. The molecule has 0 aliphatic rings. The van der Waals surface area contributed by atoms with E-state index >= 15 is 0 Å². The summed E-state index contributed by atoms with van der Waals surface area (Å²) in [5.74, 6) is 0.860. The third kappa shape index (κ3) is 3.80. The van der Waals surface area contributed by atoms with Crippen molar-refractivity contribution in [3.05, 3.63) is 134 Å². The molecule has 4 heterocycles. The third-order valence-electron chi connectivity index (χ3n) is 7.12. The van der Waals surface area contributed by atoms with Gasteiger partial charge in [-0.15, -0.1) is 11.3 Å². The lowest BCUT2D eigenvalue weighted by Crippen LogP contribution is -2.01. The second kappa shape index (κ2) is 9.50. The molecule has 0 aliphatic heterocycles. The standard InChI is InChI=1S/C35H25N3S/c1-3-11-23(12-4-2)25-21-28(24-13-6-5-7-14-24)37-32(22-25)38-29-19-18-27-26-15-8-9-17-31(26)39-35(27)33(29)34-30(38)16-10-20-36-34/h3-22H,1H2,2H3/b12-4-,23-11+. The number of aromatic nitrogens is 3. The number of thiophene rings is 1. The fourth-order valence-electron chi connectivity index (χ4n) is 5.45. The number of fused-ring (bicyclic) bond motifs is 7. The van der Waals surface area contributed by atoms with E-state index in [2.05, 4.69) is 102 Å². The highest BCUT2D eigenvalue weighted by atomic mass is 32.1. The molecule has 7 aromatic rings. The van der Waals surface area contributed by atoms with Gasteiger partial charge in [0.05, 0.1) is 22.2 Å². The first-order chi connectivity index (χ1) is 19.3. The Kier molecular flexibility index (Phi) is 5.68. The first-order valence-electron chi connectivity index (χ1n) is 13.0. The maximum atomic E-state index is 5.23. The molecule has 0 amide bonds. The molecular formula is C35H25N3S. The lowest BCUT2D eigenvalue weighted by molar-refractivity contribution is 1.08. The van der Waals surface area contributed by atoms with Gasteiger partial charge in [0.25, 0.3) is 0 Å². The minimum Gasteiger partial charge on any atom is -0.292 e. The number of hydrogen-bond acceptors (Lipinski definition) is 3. The van der Waals surface area contributed by atoms with Gasteiger partial charge in [-0.25, -0.2) is 4.98 Å². The molecule has 0 aliphatic carbocycles. The van der Waals surface area contributed by atoms with Crippen LogP contribution in [0.1, 0.15) is 12.5 Å². The van der Waals surface area contributed by atoms with E-state index in [1.165, 1.54) is 25.6 Å². The van der Waals surface area contributed by atoms with Gasteiger partial charge >= 0.3 is 0 Å². The van der Waals surface area contributed by atoms with Crippen molar-refractivity contribution in [1.82, 2.24) is 14.5 Å². The number of benzene rings is 3. The molecule has 0 unspecified atom stereocenters. The highest BCUT2D eigenvalue weighted by Crippen LogP contribution is 2.42. The zero-order chi connectivity index (χ0) is 26.3. The molecule has 186 valence electrons. The molecule has 0 fully saturated rings. The SMILES string of the molecule is C=C/C=C(\C=C/C)c1cc(-c2ccccc2)nc(-n2c3cccnc3c3c4sc5ccccc5c4ccc32)c1. The van der Waals surface area contributed by atoms with E-state index in [9.17, 15) is 0 Å². The van der Waals surface area contributed by atoms with Crippen LogP contribution in [0, 0.1) is 0 Å². The van der Waals surface area contributed by atoms with Crippen LogP contribution in [-0.2, 0) is 0 Å². The summed E-state index contributed by atoms with van der Waals surface area (Å²) in [5.41, 5.74) is 7.30. The van der Waals surface area contributed by atoms with Crippen molar-refractivity contribution in [3.8, 4) is 17.1 Å². The van der Waals surface area contributed by atoms with Crippen molar-refractivity contribution in [1.29, 1.82) is 0 Å². The third-order valence-corrected chi connectivity index (χ3v) is 8.32. The van der Waals surface area contributed by atoms with Crippen LogP contribution in [0.3, 0.4) is 0 Å². The molecule has 3 nitrogen and oxygen atoms in total. The summed E-state index contributed by atoms with van der Waals surface area (Å²) in [6.07, 6.45) is 9.93. The Morgan fingerprint density at radius 3 is 2.56 bits per heavy atom. The molecule has 0 spiro atoms. The maximum Gasteiger partial charge on any atom is 0.138 e. The van der Waals surface area contributed by atoms with E-state index in [0.717, 1.165) is 44.8 Å². The van der Waals surface area contributed by atoms with Crippen molar-refractivity contribution in [2.45, 2.75) is 6.92 Å². The smallest absolute Gasteiger partial charge is 0.138 e. The first kappa shape index (κ1) is 23.3. The van der Waals surface area contributed by atoms with Gasteiger partial charge < -0.3 is 0 Å². The summed E-state index contributed by atoms with van der Waals surface area (Å²) < 4.78 is 4.81. The minimum absolute atomic E-state index is 0.860. The van der Waals surface area contributed by atoms with Gasteiger partial charge in [-0.2, -0.15) is 0 Å². The van der Waals surface area contributed by atoms with E-state index in [4.69, 9.17) is 9.97 Å². The second-order valence-corrected chi connectivity index (χ2v) is 10.5. The summed E-state index contributed by atoms with van der Waals surface area (Å²) in [6.45, 7) is 5.99. The molecular weight excluding hydrogens is 494 g/mol. The lowest BCUT2D eigenvalue weighted by atomic mass is 10.0. The fourth-order valence-corrected chi connectivity index (χ4v) is 6.69. The zero-order valence-electron chi connectivity index (χ0n) is 21.5. The molecule has 4 aromatic heterocycles. The molecule has 7 rings (SSSR count). The molecule has 39 heavy (non-hydrogen) atoms. The van der Waals surface area contributed by atoms with Crippen LogP contribution < -0.4 is 0 Å². The van der Waals surface area contributed by atoms with Crippen LogP contribution in [0.25, 0.3) is 64.8 Å². The summed E-state index contributed by atoms with van der Waals surface area (Å²) in [7, 11) is 0. The van der Waals surface area contributed by atoms with Crippen LogP contribution in [0.5, 0.6) is 0 Å². The largest absolute Gasteiger partial charge is 0.292 e. The Bertz CT molecular complexity index is 2090. The first-order valence-corrected chi connectivity index (χ1v) is 13.8. The van der Waals surface area contributed by atoms with E-state index in [-0.39, 0.29) is 0 Å². The molecule has 3 aromatic carbocycles. The average Bonchev–Trinajstić information content (AvgIpc) is 3.53. The summed E-state index contributed by atoms with van der Waals surface area (Å²) in [5, 5.41) is 3.73. The van der Waals surface area contributed by atoms with Gasteiger partial charge in [0, 0.05) is 37.3 Å². The van der Waals surface area contributed by atoms with Crippen LogP contribution in [0.15, 0.2) is 128 Å². The average molecular weight is 520 g/mol. The van der Waals surface area contributed by atoms with Gasteiger partial charge in [0.15, 0.2) is 0 Å². The molecule has 4 heteroatoms. The van der Waals surface area contributed by atoms with Crippen molar-refractivity contribution >= 4 is 59.0 Å². The topological polar surface area (TPSA) is 30.7 Å². The number of hydrogen-bond donors (Lipinski definition) is 0. The van der Waals surface area contributed by atoms with Gasteiger partial charge in [0.1, 0.15) is 5.82 Å². The van der Waals surface area contributed by atoms with Gasteiger partial charge in [-0.05, 0) is 54.5 Å². The second-order valence-electron chi connectivity index (χ2n) is 9.46. The monoisotopic (exact) mass is 519 g/mol. The fraction of sp³-hybridized carbons (Fsp3) is 0.0286. The van der Waals surface area contributed by atoms with Crippen LogP contribution >= 0.6 is 11.3 Å². The highest BCUT2D eigenvalue weighted by molar-refractivity contribution is 7.26. The Balaban J connectivity index is 1.60. The number of allylic oxidation sites excluding steroid dienone is 5. The summed E-state index contributed by atoms with van der Waals surface area (Å²) in [4.78, 5) is 10.1. The van der Waals surface area contributed by atoms with Crippen molar-refractivity contribution in [2.24, 2.45) is 0 Å². The van der Waals surface area contributed by atoms with Crippen molar-refractivity contribution < 1.29 is 0 Å². The van der Waals surface area contributed by atoms with E-state index in [1.807, 2.05) is 48.7 Å². The molecule has 0 radical (unpaired) electrons. The lowest BCUT2D eigenvalue weighted by Gasteiger charge is -2.13. The normalized spacial score (nSPS) is 12.4. The van der Waals surface area contributed by atoms with Gasteiger partial charge in [0.2, 0.25) is 0 Å². The number of rotatable bonds is 5. The van der Waals surface area contributed by atoms with E-state index in [0.29, 0.717) is 0 Å². The highest BCUT2D eigenvalue weighted by Gasteiger charge is 2.20. The summed E-state index contributed by atoms with van der Waals surface area (Å²) >= 11 is 1.83. The Morgan fingerprint density at radius 2 is 1.72 bits per heavy atom. The predicted octanol–water partition coefficient (Wildman–Crippen LogP) is 9.75. The Hall–Kier alpha value is -4.80. The van der Waals surface area contributed by atoms with Crippen LogP contribution in [-0.4, -0.2) is 14.5 Å². The Morgan fingerprint density at radius 1 is 0.872 bits per heavy atom. The molecule has 0 saturated carbocycles. The minimum atomic E-state index is 0.860. The molecule has 0 N–H and O–H groups in total. The molecule has 0 atom stereocenters. The molecule has 0 bridgehead atoms. The van der Waals surface area contributed by atoms with Crippen molar-refractivity contribution in [3.63, 3.8) is 0 Å². The van der Waals surface area contributed by atoms with Gasteiger partial charge in [-0.1, -0.05) is 85.5 Å². The van der Waals surface area contributed by atoms with E-state index < -0.39 is 0 Å².